The van der Waals surface area contributed by atoms with E-state index in [9.17, 15) is 0 Å². The Bertz CT molecular complexity index is 687. The molecule has 0 spiro atoms. The molecule has 1 aliphatic carbocycles. The predicted octanol–water partition coefficient (Wildman–Crippen LogP) is 2.46. The van der Waals surface area contributed by atoms with E-state index in [-0.39, 0.29) is 0 Å². The molecule has 2 aromatic rings. The fraction of sp³-hybridized carbons (Fsp3) is 0.667. The largest absolute Gasteiger partial charge is 0.381 e. The van der Waals surface area contributed by atoms with Gasteiger partial charge in [-0.25, -0.2) is 4.98 Å². The highest BCUT2D eigenvalue weighted by atomic mass is 16.5. The van der Waals surface area contributed by atoms with Gasteiger partial charge in [0.2, 0.25) is 0 Å². The molecule has 130 valence electrons. The van der Waals surface area contributed by atoms with E-state index < -0.39 is 0 Å². The third-order valence-corrected chi connectivity index (χ3v) is 5.18. The van der Waals surface area contributed by atoms with E-state index in [0.717, 1.165) is 56.6 Å². The first-order chi connectivity index (χ1) is 11.7. The lowest BCUT2D eigenvalue weighted by Gasteiger charge is -2.33. The highest BCUT2D eigenvalue weighted by molar-refractivity contribution is 5.13. The average molecular weight is 329 g/mol. The number of nitrogens with zero attached hydrogens (tertiary/aromatic N) is 4. The van der Waals surface area contributed by atoms with Crippen LogP contribution in [0.4, 0.5) is 0 Å². The van der Waals surface area contributed by atoms with Crippen LogP contribution in [0, 0.1) is 12.8 Å². The summed E-state index contributed by atoms with van der Waals surface area (Å²) in [5.74, 6) is 2.01. The highest BCUT2D eigenvalue weighted by Gasteiger charge is 2.27. The summed E-state index contributed by atoms with van der Waals surface area (Å²) in [5, 5.41) is 7.39. The summed E-state index contributed by atoms with van der Waals surface area (Å²) >= 11 is 0. The number of rotatable bonds is 7. The Labute approximate surface area is 143 Å². The van der Waals surface area contributed by atoms with E-state index in [1.807, 2.05) is 13.1 Å². The molecule has 24 heavy (non-hydrogen) atoms. The van der Waals surface area contributed by atoms with Crippen LogP contribution >= 0.6 is 0 Å². The molecule has 1 aliphatic heterocycles. The molecule has 3 heterocycles. The van der Waals surface area contributed by atoms with Gasteiger partial charge in [0.05, 0.1) is 18.3 Å². The normalized spacial score (nSPS) is 21.2. The number of aromatic amines is 1. The predicted molar refractivity (Wildman–Crippen MR) is 91.6 cm³/mol. The number of ether oxygens (including phenoxy) is 1. The monoisotopic (exact) mass is 329 g/mol. The van der Waals surface area contributed by atoms with Gasteiger partial charge in [0.15, 0.2) is 0 Å². The molecule has 1 N–H and O–H groups in total. The van der Waals surface area contributed by atoms with Crippen molar-refractivity contribution in [3.63, 3.8) is 0 Å². The summed E-state index contributed by atoms with van der Waals surface area (Å²) in [6.07, 6.45) is 5.70. The van der Waals surface area contributed by atoms with Crippen molar-refractivity contribution in [2.75, 3.05) is 19.8 Å². The van der Waals surface area contributed by atoms with Gasteiger partial charge in [-0.3, -0.25) is 10.00 Å². The Morgan fingerprint density at radius 2 is 2.21 bits per heavy atom. The van der Waals surface area contributed by atoms with Crippen molar-refractivity contribution >= 4 is 0 Å². The Morgan fingerprint density at radius 3 is 2.96 bits per heavy atom. The molecule has 0 aromatic carbocycles. The van der Waals surface area contributed by atoms with Crippen LogP contribution in [0.1, 0.15) is 48.7 Å². The van der Waals surface area contributed by atoms with E-state index in [1.54, 1.807) is 0 Å². The van der Waals surface area contributed by atoms with Gasteiger partial charge >= 0.3 is 0 Å². The summed E-state index contributed by atoms with van der Waals surface area (Å²) in [4.78, 5) is 7.15. The summed E-state index contributed by atoms with van der Waals surface area (Å²) in [6, 6.07) is 2.44. The summed E-state index contributed by atoms with van der Waals surface area (Å²) in [6.45, 7) is 8.94. The Kier molecular flexibility index (Phi) is 4.41. The molecule has 6 heteroatoms. The average Bonchev–Trinajstić information content (AvgIpc) is 3.16. The topological polar surface area (TPSA) is 59.0 Å². The third-order valence-electron chi connectivity index (χ3n) is 5.18. The maximum Gasteiger partial charge on any atom is 0.126 e. The van der Waals surface area contributed by atoms with E-state index in [1.165, 1.54) is 24.4 Å². The van der Waals surface area contributed by atoms with Gasteiger partial charge in [-0.1, -0.05) is 0 Å². The molecule has 6 nitrogen and oxygen atoms in total. The highest BCUT2D eigenvalue weighted by Crippen LogP contribution is 2.29. The molecule has 4 rings (SSSR count). The minimum Gasteiger partial charge on any atom is -0.381 e. The van der Waals surface area contributed by atoms with Crippen LogP contribution in [0.25, 0.3) is 0 Å². The van der Waals surface area contributed by atoms with Crippen molar-refractivity contribution in [3.8, 4) is 0 Å². The Morgan fingerprint density at radius 1 is 1.33 bits per heavy atom. The van der Waals surface area contributed by atoms with Gasteiger partial charge in [0.25, 0.3) is 0 Å². The van der Waals surface area contributed by atoms with Crippen LogP contribution in [-0.2, 0) is 24.2 Å². The summed E-state index contributed by atoms with van der Waals surface area (Å²) in [7, 11) is 0. The maximum atomic E-state index is 5.79. The number of fused-ring (bicyclic) bond motifs is 1. The lowest BCUT2D eigenvalue weighted by atomic mass is 10.2. The maximum absolute atomic E-state index is 5.79. The number of nitrogens with one attached hydrogen (secondary N) is 1. The Balaban J connectivity index is 1.36. The Hall–Kier alpha value is -1.66. The molecule has 0 amide bonds. The van der Waals surface area contributed by atoms with Crippen LogP contribution < -0.4 is 0 Å². The first kappa shape index (κ1) is 15.8. The lowest BCUT2D eigenvalue weighted by Crippen LogP contribution is -2.37. The van der Waals surface area contributed by atoms with Gasteiger partial charge in [0.1, 0.15) is 5.82 Å². The number of imidazole rings is 1. The number of aryl methyl sites for hydroxylation is 1. The first-order valence-corrected chi connectivity index (χ1v) is 9.07. The van der Waals surface area contributed by atoms with Crippen molar-refractivity contribution in [2.24, 2.45) is 5.92 Å². The van der Waals surface area contributed by atoms with Crippen LogP contribution in [0.3, 0.4) is 0 Å². The van der Waals surface area contributed by atoms with Gasteiger partial charge < -0.3 is 9.30 Å². The van der Waals surface area contributed by atoms with Gasteiger partial charge in [0, 0.05) is 50.2 Å². The quantitative estimate of drug-likeness (QED) is 0.793. The molecular formula is C18H27N5O. The summed E-state index contributed by atoms with van der Waals surface area (Å²) in [5.41, 5.74) is 3.53. The second kappa shape index (κ2) is 6.69. The lowest BCUT2D eigenvalue weighted by molar-refractivity contribution is 0.124. The fourth-order valence-electron chi connectivity index (χ4n) is 3.49. The standard InChI is InChI=1S/C18H27N5O/c1-13-9-16(21-20-13)11-22-6-7-23-17(10-19-18(23)14(22)2)5-8-24-12-15-3-4-15/h9-10,14-15H,3-8,11-12H2,1-2H3,(H,20,21). The fourth-order valence-corrected chi connectivity index (χ4v) is 3.49. The van der Waals surface area contributed by atoms with Crippen LogP contribution in [0.2, 0.25) is 0 Å². The number of hydrogen-bond donors (Lipinski definition) is 1. The van der Waals surface area contributed by atoms with Crippen molar-refractivity contribution in [3.05, 3.63) is 35.2 Å². The second-order valence-corrected chi connectivity index (χ2v) is 7.22. The SMILES string of the molecule is Cc1cc(CN2CCn3c(CCOCC4CC4)cnc3C2C)n[nH]1. The molecular weight excluding hydrogens is 302 g/mol. The van der Waals surface area contributed by atoms with Crippen LogP contribution in [0.15, 0.2) is 12.3 Å². The molecule has 0 bridgehead atoms. The zero-order chi connectivity index (χ0) is 16.5. The van der Waals surface area contributed by atoms with E-state index >= 15 is 0 Å². The molecule has 1 saturated carbocycles. The second-order valence-electron chi connectivity index (χ2n) is 7.22. The van der Waals surface area contributed by atoms with Crippen molar-refractivity contribution < 1.29 is 4.74 Å². The van der Waals surface area contributed by atoms with Crippen LogP contribution in [0.5, 0.6) is 0 Å². The molecule has 2 aromatic heterocycles. The zero-order valence-electron chi connectivity index (χ0n) is 14.7. The first-order valence-electron chi connectivity index (χ1n) is 9.07. The molecule has 1 unspecified atom stereocenters. The number of hydrogen-bond acceptors (Lipinski definition) is 4. The van der Waals surface area contributed by atoms with Crippen molar-refractivity contribution in [2.45, 2.75) is 52.2 Å². The van der Waals surface area contributed by atoms with E-state index in [4.69, 9.17) is 9.72 Å². The molecule has 0 saturated heterocycles. The van der Waals surface area contributed by atoms with Gasteiger partial charge in [-0.2, -0.15) is 5.10 Å². The molecule has 2 aliphatic rings. The number of H-pyrrole nitrogens is 1. The van der Waals surface area contributed by atoms with Crippen molar-refractivity contribution in [1.82, 2.24) is 24.6 Å². The minimum atomic E-state index is 0.317. The number of aromatic nitrogens is 4. The van der Waals surface area contributed by atoms with Crippen LogP contribution in [-0.4, -0.2) is 44.4 Å². The van der Waals surface area contributed by atoms with E-state index in [2.05, 4.69) is 32.7 Å². The molecule has 0 radical (unpaired) electrons. The van der Waals surface area contributed by atoms with Crippen molar-refractivity contribution in [1.29, 1.82) is 0 Å². The van der Waals surface area contributed by atoms with Gasteiger partial charge in [-0.15, -0.1) is 0 Å². The third kappa shape index (κ3) is 3.39. The molecule has 1 atom stereocenters. The molecule has 1 fully saturated rings. The summed E-state index contributed by atoms with van der Waals surface area (Å²) < 4.78 is 8.17. The van der Waals surface area contributed by atoms with E-state index in [0.29, 0.717) is 6.04 Å². The zero-order valence-corrected chi connectivity index (χ0v) is 14.7. The van der Waals surface area contributed by atoms with Gasteiger partial charge in [-0.05, 0) is 38.7 Å². The minimum absolute atomic E-state index is 0.317. The smallest absolute Gasteiger partial charge is 0.126 e.